The molecule has 0 aliphatic carbocycles. The van der Waals surface area contributed by atoms with E-state index in [1.807, 2.05) is 17.0 Å². The fraction of sp³-hybridized carbons (Fsp3) is 0.650. The second-order valence-electron chi connectivity index (χ2n) is 7.35. The van der Waals surface area contributed by atoms with Gasteiger partial charge >= 0.3 is 0 Å². The van der Waals surface area contributed by atoms with Crippen molar-refractivity contribution in [3.8, 4) is 0 Å². The topological polar surface area (TPSA) is 32.8 Å². The van der Waals surface area contributed by atoms with Gasteiger partial charge in [0.1, 0.15) is 5.82 Å². The van der Waals surface area contributed by atoms with E-state index in [1.165, 1.54) is 6.07 Å². The Morgan fingerprint density at radius 3 is 2.56 bits per heavy atom. The number of rotatable bonds is 4. The minimum absolute atomic E-state index is 0.114. The highest BCUT2D eigenvalue weighted by atomic mass is 19.1. The Hall–Kier alpha value is -1.46. The Bertz CT molecular complexity index is 587. The van der Waals surface area contributed by atoms with Gasteiger partial charge in [-0.25, -0.2) is 4.39 Å². The molecule has 0 N–H and O–H groups in total. The molecule has 0 unspecified atom stereocenters. The van der Waals surface area contributed by atoms with Crippen molar-refractivity contribution >= 4 is 5.91 Å². The molecule has 2 saturated heterocycles. The van der Waals surface area contributed by atoms with E-state index in [2.05, 4.69) is 4.90 Å². The van der Waals surface area contributed by atoms with Gasteiger partial charge in [-0.1, -0.05) is 18.2 Å². The number of likely N-dealkylation sites (tertiary alicyclic amines) is 2. The number of amides is 1. The number of piperidine rings is 2. The Balaban J connectivity index is 1.57. The first-order chi connectivity index (χ1) is 12.1. The number of halogens is 1. The number of hydrogen-bond acceptors (Lipinski definition) is 3. The molecule has 5 heteroatoms. The van der Waals surface area contributed by atoms with Crippen molar-refractivity contribution in [2.45, 2.75) is 44.8 Å². The molecule has 2 fully saturated rings. The number of benzene rings is 1. The van der Waals surface area contributed by atoms with E-state index < -0.39 is 0 Å². The number of hydrogen-bond donors (Lipinski definition) is 0. The number of ether oxygens (including phenoxy) is 1. The van der Waals surface area contributed by atoms with Gasteiger partial charge in [-0.05, 0) is 49.8 Å². The van der Waals surface area contributed by atoms with Gasteiger partial charge in [0.05, 0.1) is 6.10 Å². The van der Waals surface area contributed by atoms with Crippen LogP contribution in [0.1, 0.15) is 31.7 Å². The van der Waals surface area contributed by atoms with Crippen molar-refractivity contribution in [2.75, 3.05) is 33.3 Å². The summed E-state index contributed by atoms with van der Waals surface area (Å²) in [6.45, 7) is 5.29. The van der Waals surface area contributed by atoms with Gasteiger partial charge in [-0.3, -0.25) is 9.69 Å². The maximum absolute atomic E-state index is 14.0. The molecule has 2 aliphatic rings. The Morgan fingerprint density at radius 1 is 1.20 bits per heavy atom. The quantitative estimate of drug-likeness (QED) is 0.839. The summed E-state index contributed by atoms with van der Waals surface area (Å²) < 4.78 is 19.7. The molecule has 0 aromatic heterocycles. The molecule has 0 spiro atoms. The van der Waals surface area contributed by atoms with Gasteiger partial charge in [0, 0.05) is 39.7 Å². The molecule has 2 aliphatic heterocycles. The van der Waals surface area contributed by atoms with Crippen molar-refractivity contribution in [3.05, 3.63) is 35.6 Å². The van der Waals surface area contributed by atoms with Crippen molar-refractivity contribution in [1.29, 1.82) is 0 Å². The van der Waals surface area contributed by atoms with Crippen LogP contribution in [0.2, 0.25) is 0 Å². The standard InChI is InChI=1S/C20H29FN2O2/c1-15(24)22-11-8-18(9-12-22)23-10-7-17(20(14-23)25-2)13-16-5-3-4-6-19(16)21/h3-6,17-18,20H,7-14H2,1-2H3/t17-,20-/m1/s1. The van der Waals surface area contributed by atoms with E-state index in [4.69, 9.17) is 4.74 Å². The lowest BCUT2D eigenvalue weighted by atomic mass is 9.86. The fourth-order valence-corrected chi connectivity index (χ4v) is 4.31. The summed E-state index contributed by atoms with van der Waals surface area (Å²) in [4.78, 5) is 15.9. The lowest BCUT2D eigenvalue weighted by Gasteiger charge is -2.44. The summed E-state index contributed by atoms with van der Waals surface area (Å²) in [5, 5.41) is 0. The smallest absolute Gasteiger partial charge is 0.219 e. The van der Waals surface area contributed by atoms with Crippen molar-refractivity contribution in [3.63, 3.8) is 0 Å². The van der Waals surface area contributed by atoms with Crippen molar-refractivity contribution < 1.29 is 13.9 Å². The normalized spacial score (nSPS) is 26.0. The third-order valence-electron chi connectivity index (χ3n) is 5.90. The molecular formula is C20H29FN2O2. The molecule has 1 aromatic rings. The van der Waals surface area contributed by atoms with Crippen molar-refractivity contribution in [1.82, 2.24) is 9.80 Å². The summed E-state index contributed by atoms with van der Waals surface area (Å²) in [5.41, 5.74) is 0.790. The molecule has 0 bridgehead atoms. The van der Waals surface area contributed by atoms with Crippen LogP contribution in [0.15, 0.2) is 24.3 Å². The highest BCUT2D eigenvalue weighted by Gasteiger charge is 2.34. The monoisotopic (exact) mass is 348 g/mol. The van der Waals surface area contributed by atoms with E-state index >= 15 is 0 Å². The van der Waals surface area contributed by atoms with Crippen LogP contribution in [0.5, 0.6) is 0 Å². The Kier molecular flexibility index (Phi) is 6.07. The van der Waals surface area contributed by atoms with Crippen LogP contribution in [0.4, 0.5) is 4.39 Å². The van der Waals surface area contributed by atoms with Crippen molar-refractivity contribution in [2.24, 2.45) is 5.92 Å². The number of carbonyl (C=O) groups is 1. The molecule has 2 heterocycles. The van der Waals surface area contributed by atoms with Crippen LogP contribution >= 0.6 is 0 Å². The van der Waals surface area contributed by atoms with E-state index in [0.717, 1.165) is 57.4 Å². The highest BCUT2D eigenvalue weighted by Crippen LogP contribution is 2.28. The summed E-state index contributed by atoms with van der Waals surface area (Å²) in [5.74, 6) is 0.420. The van der Waals surface area contributed by atoms with Crippen LogP contribution in [-0.4, -0.2) is 61.1 Å². The molecule has 25 heavy (non-hydrogen) atoms. The largest absolute Gasteiger partial charge is 0.380 e. The number of carbonyl (C=O) groups excluding carboxylic acids is 1. The first-order valence-electron chi connectivity index (χ1n) is 9.34. The molecule has 1 amide bonds. The van der Waals surface area contributed by atoms with Crippen LogP contribution < -0.4 is 0 Å². The van der Waals surface area contributed by atoms with E-state index in [9.17, 15) is 9.18 Å². The molecule has 4 nitrogen and oxygen atoms in total. The van der Waals surface area contributed by atoms with Gasteiger partial charge in [0.2, 0.25) is 5.91 Å². The minimum Gasteiger partial charge on any atom is -0.380 e. The average Bonchev–Trinajstić information content (AvgIpc) is 2.64. The van der Waals surface area contributed by atoms with Gasteiger partial charge in [0.15, 0.2) is 0 Å². The first-order valence-corrected chi connectivity index (χ1v) is 9.34. The van der Waals surface area contributed by atoms with Crippen LogP contribution in [-0.2, 0) is 16.0 Å². The molecule has 3 rings (SSSR count). The van der Waals surface area contributed by atoms with Crippen LogP contribution in [0.25, 0.3) is 0 Å². The molecule has 1 aromatic carbocycles. The molecule has 0 radical (unpaired) electrons. The van der Waals surface area contributed by atoms with Crippen LogP contribution in [0, 0.1) is 11.7 Å². The summed E-state index contributed by atoms with van der Waals surface area (Å²) >= 11 is 0. The van der Waals surface area contributed by atoms with E-state index in [1.54, 1.807) is 20.1 Å². The van der Waals surface area contributed by atoms with Crippen LogP contribution in [0.3, 0.4) is 0 Å². The zero-order valence-corrected chi connectivity index (χ0v) is 15.3. The zero-order valence-electron chi connectivity index (χ0n) is 15.3. The van der Waals surface area contributed by atoms with E-state index in [0.29, 0.717) is 12.0 Å². The molecular weight excluding hydrogens is 319 g/mol. The third kappa shape index (κ3) is 4.39. The first kappa shape index (κ1) is 18.3. The highest BCUT2D eigenvalue weighted by molar-refractivity contribution is 5.73. The predicted molar refractivity (Wildman–Crippen MR) is 95.9 cm³/mol. The zero-order chi connectivity index (χ0) is 17.8. The number of nitrogens with zero attached hydrogens (tertiary/aromatic N) is 2. The van der Waals surface area contributed by atoms with Gasteiger partial charge in [-0.2, -0.15) is 0 Å². The fourth-order valence-electron chi connectivity index (χ4n) is 4.31. The minimum atomic E-state index is -0.114. The lowest BCUT2D eigenvalue weighted by Crippen LogP contribution is -2.53. The SMILES string of the molecule is CO[C@@H]1CN(C2CCN(C(C)=O)CC2)CC[C@@H]1Cc1ccccc1F. The maximum Gasteiger partial charge on any atom is 0.219 e. The predicted octanol–water partition coefficient (Wildman–Crippen LogP) is 2.72. The summed E-state index contributed by atoms with van der Waals surface area (Å²) in [6, 6.07) is 7.59. The summed E-state index contributed by atoms with van der Waals surface area (Å²) in [6.07, 6.45) is 3.97. The maximum atomic E-state index is 14.0. The van der Waals surface area contributed by atoms with Gasteiger partial charge in [0.25, 0.3) is 0 Å². The van der Waals surface area contributed by atoms with Gasteiger partial charge < -0.3 is 9.64 Å². The number of methoxy groups -OCH3 is 1. The Morgan fingerprint density at radius 2 is 1.92 bits per heavy atom. The third-order valence-corrected chi connectivity index (χ3v) is 5.90. The molecule has 0 saturated carbocycles. The summed E-state index contributed by atoms with van der Waals surface area (Å²) in [7, 11) is 1.76. The second-order valence-corrected chi connectivity index (χ2v) is 7.35. The second kappa shape index (κ2) is 8.28. The molecule has 2 atom stereocenters. The Labute approximate surface area is 149 Å². The average molecular weight is 348 g/mol. The van der Waals surface area contributed by atoms with E-state index in [-0.39, 0.29) is 17.8 Å². The molecule has 138 valence electrons. The van der Waals surface area contributed by atoms with Gasteiger partial charge in [-0.15, -0.1) is 0 Å². The lowest BCUT2D eigenvalue weighted by molar-refractivity contribution is -0.130.